The highest BCUT2D eigenvalue weighted by Crippen LogP contribution is 2.59. The first-order valence-electron chi connectivity index (χ1n) is 9.83. The number of nitrogens with one attached hydrogen (secondary N) is 1. The molecule has 1 saturated heterocycles. The predicted molar refractivity (Wildman–Crippen MR) is 104 cm³/mol. The van der Waals surface area contributed by atoms with Crippen molar-refractivity contribution in [2.45, 2.75) is 19.3 Å². The summed E-state index contributed by atoms with van der Waals surface area (Å²) in [5.41, 5.74) is 1.24. The Bertz CT molecular complexity index is 1020. The largest absolute Gasteiger partial charge is 0.449 e. The SMILES string of the molecule is O=C(NCC1CC12CCN(C(=O)c1cccnn1)CC2)c1cc2ccncc2o1. The summed E-state index contributed by atoms with van der Waals surface area (Å²) in [7, 11) is 0. The third-order valence-corrected chi connectivity index (χ3v) is 6.25. The molecule has 1 saturated carbocycles. The number of pyridine rings is 1. The minimum atomic E-state index is -0.196. The van der Waals surface area contributed by atoms with Crippen LogP contribution in [0.3, 0.4) is 0 Å². The number of rotatable bonds is 4. The number of hydrogen-bond acceptors (Lipinski definition) is 6. The number of likely N-dealkylation sites (tertiary alicyclic amines) is 1. The molecule has 29 heavy (non-hydrogen) atoms. The van der Waals surface area contributed by atoms with Gasteiger partial charge in [-0.15, -0.1) is 5.10 Å². The van der Waals surface area contributed by atoms with Crippen LogP contribution >= 0.6 is 0 Å². The van der Waals surface area contributed by atoms with E-state index in [9.17, 15) is 9.59 Å². The van der Waals surface area contributed by atoms with Crippen molar-refractivity contribution in [1.29, 1.82) is 0 Å². The average Bonchev–Trinajstić information content (AvgIpc) is 3.24. The van der Waals surface area contributed by atoms with Gasteiger partial charge in [0.1, 0.15) is 0 Å². The van der Waals surface area contributed by atoms with Gasteiger partial charge < -0.3 is 14.6 Å². The Morgan fingerprint density at radius 3 is 2.86 bits per heavy atom. The number of furan rings is 1. The normalized spacial score (nSPS) is 20.0. The molecule has 1 atom stereocenters. The zero-order chi connectivity index (χ0) is 19.8. The lowest BCUT2D eigenvalue weighted by atomic mass is 9.90. The zero-order valence-electron chi connectivity index (χ0n) is 15.9. The van der Waals surface area contributed by atoms with Crippen molar-refractivity contribution in [3.8, 4) is 0 Å². The fraction of sp³-hybridized carbons (Fsp3) is 0.381. The van der Waals surface area contributed by atoms with Crippen molar-refractivity contribution in [3.05, 3.63) is 54.3 Å². The van der Waals surface area contributed by atoms with E-state index in [4.69, 9.17) is 4.42 Å². The smallest absolute Gasteiger partial charge is 0.287 e. The second-order valence-electron chi connectivity index (χ2n) is 7.90. The molecule has 3 aromatic rings. The van der Waals surface area contributed by atoms with Crippen LogP contribution in [-0.4, -0.2) is 51.5 Å². The third-order valence-electron chi connectivity index (χ3n) is 6.25. The molecule has 4 heterocycles. The molecule has 0 bridgehead atoms. The van der Waals surface area contributed by atoms with Crippen LogP contribution in [0.15, 0.2) is 47.3 Å². The Labute approximate surface area is 167 Å². The summed E-state index contributed by atoms with van der Waals surface area (Å²) in [4.78, 5) is 30.8. The molecule has 5 rings (SSSR count). The number of nitrogens with zero attached hydrogens (tertiary/aromatic N) is 4. The van der Waals surface area contributed by atoms with E-state index >= 15 is 0 Å². The fourth-order valence-electron chi connectivity index (χ4n) is 4.36. The van der Waals surface area contributed by atoms with Crippen LogP contribution < -0.4 is 5.32 Å². The average molecular weight is 391 g/mol. The molecule has 2 aliphatic rings. The van der Waals surface area contributed by atoms with Crippen LogP contribution in [-0.2, 0) is 0 Å². The zero-order valence-corrected chi connectivity index (χ0v) is 15.9. The fourth-order valence-corrected chi connectivity index (χ4v) is 4.36. The van der Waals surface area contributed by atoms with Gasteiger partial charge in [0.25, 0.3) is 11.8 Å². The molecule has 1 aliphatic heterocycles. The quantitative estimate of drug-likeness (QED) is 0.732. The monoisotopic (exact) mass is 391 g/mol. The van der Waals surface area contributed by atoms with Crippen LogP contribution in [0.25, 0.3) is 11.0 Å². The molecule has 0 radical (unpaired) electrons. The van der Waals surface area contributed by atoms with Crippen molar-refractivity contribution < 1.29 is 14.0 Å². The van der Waals surface area contributed by atoms with Crippen molar-refractivity contribution in [2.24, 2.45) is 11.3 Å². The molecular formula is C21H21N5O3. The molecule has 8 nitrogen and oxygen atoms in total. The van der Waals surface area contributed by atoms with E-state index in [0.717, 1.165) is 37.7 Å². The highest BCUT2D eigenvalue weighted by atomic mass is 16.3. The summed E-state index contributed by atoms with van der Waals surface area (Å²) in [5, 5.41) is 11.6. The molecular weight excluding hydrogens is 370 g/mol. The molecule has 3 aromatic heterocycles. The first-order chi connectivity index (χ1) is 14.1. The predicted octanol–water partition coefficient (Wildman–Crippen LogP) is 2.29. The molecule has 1 spiro atoms. The van der Waals surface area contributed by atoms with Crippen LogP contribution in [0.5, 0.6) is 0 Å². The van der Waals surface area contributed by atoms with E-state index in [-0.39, 0.29) is 17.2 Å². The van der Waals surface area contributed by atoms with Gasteiger partial charge in [-0.3, -0.25) is 14.6 Å². The Balaban J connectivity index is 1.14. The van der Waals surface area contributed by atoms with E-state index in [2.05, 4.69) is 20.5 Å². The van der Waals surface area contributed by atoms with E-state index in [1.165, 1.54) is 0 Å². The summed E-state index contributed by atoms with van der Waals surface area (Å²) in [6, 6.07) is 6.99. The van der Waals surface area contributed by atoms with Gasteiger partial charge in [0, 0.05) is 37.4 Å². The molecule has 1 N–H and O–H groups in total. The molecule has 8 heteroatoms. The molecule has 1 unspecified atom stereocenters. The van der Waals surface area contributed by atoms with Crippen molar-refractivity contribution in [3.63, 3.8) is 0 Å². The Morgan fingerprint density at radius 2 is 2.10 bits per heavy atom. The Kier molecular flexibility index (Phi) is 4.26. The number of fused-ring (bicyclic) bond motifs is 1. The molecule has 148 valence electrons. The molecule has 2 fully saturated rings. The maximum Gasteiger partial charge on any atom is 0.287 e. The van der Waals surface area contributed by atoms with E-state index in [1.807, 2.05) is 11.0 Å². The lowest BCUT2D eigenvalue weighted by molar-refractivity contribution is 0.0661. The van der Waals surface area contributed by atoms with Gasteiger partial charge in [0.2, 0.25) is 0 Å². The lowest BCUT2D eigenvalue weighted by Crippen LogP contribution is -2.40. The third kappa shape index (κ3) is 3.35. The standard InChI is InChI=1S/C21H21N5O3/c27-19(17-10-14-3-7-22-13-18(14)29-17)23-12-15-11-21(15)4-8-26(9-5-21)20(28)16-2-1-6-24-25-16/h1-3,6-7,10,13,15H,4-5,8-9,11-12H2,(H,23,27). The highest BCUT2D eigenvalue weighted by Gasteiger charge is 2.54. The lowest BCUT2D eigenvalue weighted by Gasteiger charge is -2.32. The molecule has 2 amide bonds. The van der Waals surface area contributed by atoms with Crippen LogP contribution in [0.2, 0.25) is 0 Å². The summed E-state index contributed by atoms with van der Waals surface area (Å²) in [6.45, 7) is 2.07. The second kappa shape index (κ2) is 6.95. The number of carbonyl (C=O) groups excluding carboxylic acids is 2. The van der Waals surface area contributed by atoms with Gasteiger partial charge in [-0.05, 0) is 54.9 Å². The number of carbonyl (C=O) groups is 2. The van der Waals surface area contributed by atoms with Crippen molar-refractivity contribution >= 4 is 22.8 Å². The number of hydrogen-bond donors (Lipinski definition) is 1. The Morgan fingerprint density at radius 1 is 1.24 bits per heavy atom. The van der Waals surface area contributed by atoms with Crippen molar-refractivity contribution in [2.75, 3.05) is 19.6 Å². The van der Waals surface area contributed by atoms with Gasteiger partial charge in [0.05, 0.1) is 6.20 Å². The Hall–Kier alpha value is -3.29. The maximum atomic E-state index is 12.5. The van der Waals surface area contributed by atoms with Crippen LogP contribution in [0.4, 0.5) is 0 Å². The number of piperidine rings is 1. The first-order valence-corrected chi connectivity index (χ1v) is 9.83. The summed E-state index contributed by atoms with van der Waals surface area (Å²) >= 11 is 0. The van der Waals surface area contributed by atoms with Crippen molar-refractivity contribution in [1.82, 2.24) is 25.4 Å². The van der Waals surface area contributed by atoms with Gasteiger partial charge in [-0.2, -0.15) is 5.10 Å². The van der Waals surface area contributed by atoms with Gasteiger partial charge in [-0.1, -0.05) is 0 Å². The van der Waals surface area contributed by atoms with Crippen LogP contribution in [0, 0.1) is 11.3 Å². The molecule has 0 aromatic carbocycles. The van der Waals surface area contributed by atoms with Gasteiger partial charge in [-0.25, -0.2) is 0 Å². The number of aromatic nitrogens is 3. The molecule has 1 aliphatic carbocycles. The summed E-state index contributed by atoms with van der Waals surface area (Å²) in [6.07, 6.45) is 7.84. The summed E-state index contributed by atoms with van der Waals surface area (Å²) in [5.74, 6) is 0.509. The van der Waals surface area contributed by atoms with E-state index in [0.29, 0.717) is 29.5 Å². The number of amides is 2. The highest BCUT2D eigenvalue weighted by molar-refractivity contribution is 5.96. The second-order valence-corrected chi connectivity index (χ2v) is 7.90. The maximum absolute atomic E-state index is 12.5. The van der Waals surface area contributed by atoms with Gasteiger partial charge >= 0.3 is 0 Å². The van der Waals surface area contributed by atoms with E-state index < -0.39 is 0 Å². The van der Waals surface area contributed by atoms with Crippen LogP contribution in [0.1, 0.15) is 40.3 Å². The minimum absolute atomic E-state index is 0.0576. The summed E-state index contributed by atoms with van der Waals surface area (Å²) < 4.78 is 5.57. The first kappa shape index (κ1) is 17.8. The minimum Gasteiger partial charge on any atom is -0.449 e. The topological polar surface area (TPSA) is 101 Å². The van der Waals surface area contributed by atoms with Gasteiger partial charge in [0.15, 0.2) is 17.0 Å². The van der Waals surface area contributed by atoms with E-state index in [1.54, 1.807) is 36.8 Å².